The molecule has 2 aromatic carbocycles. The van der Waals surface area contributed by atoms with E-state index in [-0.39, 0.29) is 0 Å². The van der Waals surface area contributed by atoms with Crippen molar-refractivity contribution in [2.24, 2.45) is 0 Å². The van der Waals surface area contributed by atoms with Crippen molar-refractivity contribution < 1.29 is 9.47 Å². The molecule has 0 spiro atoms. The number of ether oxygens (including phenoxy) is 2. The number of hydrogen-bond acceptors (Lipinski definition) is 4. The first kappa shape index (κ1) is 19.0. The highest BCUT2D eigenvalue weighted by Gasteiger charge is 2.21. The van der Waals surface area contributed by atoms with Gasteiger partial charge in [-0.2, -0.15) is 0 Å². The fourth-order valence-corrected chi connectivity index (χ4v) is 4.29. The molecule has 30 heavy (non-hydrogen) atoms. The van der Waals surface area contributed by atoms with E-state index in [1.807, 2.05) is 42.7 Å². The maximum Gasteiger partial charge on any atom is 0.165 e. The van der Waals surface area contributed by atoms with Crippen LogP contribution in [0.5, 0.6) is 11.5 Å². The largest absolute Gasteiger partial charge is 0.493 e. The molecule has 2 aromatic heterocycles. The molecule has 1 aliphatic rings. The zero-order chi connectivity index (χ0) is 20.5. The SMILES string of the molecule is COc1cc(-n2ccc3c(Cl)cccc32)cc2c1OCCN(Cc1cccnc1)C2. The predicted molar refractivity (Wildman–Crippen MR) is 119 cm³/mol. The second kappa shape index (κ2) is 8.01. The lowest BCUT2D eigenvalue weighted by atomic mass is 10.1. The molecule has 3 heterocycles. The molecule has 4 aromatic rings. The van der Waals surface area contributed by atoms with Gasteiger partial charge in [0.05, 0.1) is 12.6 Å². The highest BCUT2D eigenvalue weighted by atomic mass is 35.5. The highest BCUT2D eigenvalue weighted by Crippen LogP contribution is 2.38. The Bertz CT molecular complexity index is 1190. The fraction of sp³-hybridized carbons (Fsp3) is 0.208. The van der Waals surface area contributed by atoms with Gasteiger partial charge in [0.1, 0.15) is 6.61 Å². The first-order valence-electron chi connectivity index (χ1n) is 9.94. The number of hydrogen-bond donors (Lipinski definition) is 0. The Morgan fingerprint density at radius 3 is 2.93 bits per heavy atom. The molecular weight excluding hydrogens is 398 g/mol. The lowest BCUT2D eigenvalue weighted by Crippen LogP contribution is -2.25. The number of fused-ring (bicyclic) bond motifs is 2. The molecule has 0 amide bonds. The molecule has 0 atom stereocenters. The monoisotopic (exact) mass is 419 g/mol. The third-order valence-electron chi connectivity index (χ3n) is 5.47. The van der Waals surface area contributed by atoms with Crippen LogP contribution in [0.4, 0.5) is 0 Å². The van der Waals surface area contributed by atoms with Crippen molar-refractivity contribution >= 4 is 22.5 Å². The summed E-state index contributed by atoms with van der Waals surface area (Å²) in [6.07, 6.45) is 5.76. The molecule has 0 fully saturated rings. The van der Waals surface area contributed by atoms with E-state index in [1.54, 1.807) is 13.3 Å². The zero-order valence-corrected chi connectivity index (χ0v) is 17.5. The lowest BCUT2D eigenvalue weighted by Gasteiger charge is -2.20. The summed E-state index contributed by atoms with van der Waals surface area (Å²) in [6, 6.07) is 16.3. The molecule has 5 rings (SSSR count). The summed E-state index contributed by atoms with van der Waals surface area (Å²) in [5.41, 5.74) is 4.38. The van der Waals surface area contributed by atoms with Gasteiger partial charge >= 0.3 is 0 Å². The van der Waals surface area contributed by atoms with Crippen molar-refractivity contribution in [3.05, 3.63) is 83.3 Å². The average Bonchev–Trinajstić information content (AvgIpc) is 3.10. The van der Waals surface area contributed by atoms with Gasteiger partial charge in [0.15, 0.2) is 11.5 Å². The molecule has 5 nitrogen and oxygen atoms in total. The van der Waals surface area contributed by atoms with Crippen LogP contribution in [0.2, 0.25) is 5.02 Å². The minimum Gasteiger partial charge on any atom is -0.493 e. The normalized spacial score (nSPS) is 14.2. The van der Waals surface area contributed by atoms with Crippen LogP contribution in [0.1, 0.15) is 11.1 Å². The van der Waals surface area contributed by atoms with Crippen LogP contribution in [0.3, 0.4) is 0 Å². The van der Waals surface area contributed by atoms with E-state index >= 15 is 0 Å². The summed E-state index contributed by atoms with van der Waals surface area (Å²) >= 11 is 6.38. The van der Waals surface area contributed by atoms with Gasteiger partial charge in [-0.25, -0.2) is 0 Å². The van der Waals surface area contributed by atoms with Gasteiger partial charge < -0.3 is 14.0 Å². The third kappa shape index (κ3) is 3.51. The van der Waals surface area contributed by atoms with Gasteiger partial charge in [0.25, 0.3) is 0 Å². The zero-order valence-electron chi connectivity index (χ0n) is 16.7. The van der Waals surface area contributed by atoms with Gasteiger partial charge in [0.2, 0.25) is 0 Å². The Labute approximate surface area is 180 Å². The van der Waals surface area contributed by atoms with Crippen LogP contribution in [0, 0.1) is 0 Å². The standard InChI is InChI=1S/C24H22ClN3O2/c1-29-23-13-19(28-9-7-20-21(25)5-2-6-22(20)28)12-18-16-27(10-11-30-24(18)23)15-17-4-3-8-26-14-17/h2-9,12-14H,10-11,15-16H2,1H3. The molecule has 0 bridgehead atoms. The van der Waals surface area contributed by atoms with Crippen molar-refractivity contribution in [3.8, 4) is 17.2 Å². The van der Waals surface area contributed by atoms with E-state index in [4.69, 9.17) is 21.1 Å². The number of rotatable bonds is 4. The van der Waals surface area contributed by atoms with E-state index in [9.17, 15) is 0 Å². The molecule has 0 aliphatic carbocycles. The average molecular weight is 420 g/mol. The molecule has 0 radical (unpaired) electrons. The second-order valence-corrected chi connectivity index (χ2v) is 7.82. The maximum atomic E-state index is 6.38. The molecule has 0 N–H and O–H groups in total. The predicted octanol–water partition coefficient (Wildman–Crippen LogP) is 5.08. The van der Waals surface area contributed by atoms with E-state index in [2.05, 4.69) is 32.7 Å². The summed E-state index contributed by atoms with van der Waals surface area (Å²) in [7, 11) is 1.69. The van der Waals surface area contributed by atoms with Gasteiger partial charge in [0, 0.05) is 66.0 Å². The number of aromatic nitrogens is 2. The number of halogens is 1. The Hall–Kier alpha value is -3.02. The summed E-state index contributed by atoms with van der Waals surface area (Å²) in [5.74, 6) is 1.57. The van der Waals surface area contributed by atoms with Gasteiger partial charge in [-0.1, -0.05) is 23.7 Å². The first-order chi connectivity index (χ1) is 14.7. The van der Waals surface area contributed by atoms with Gasteiger partial charge in [-0.15, -0.1) is 0 Å². The van der Waals surface area contributed by atoms with E-state index in [1.165, 1.54) is 5.56 Å². The molecule has 1 aliphatic heterocycles. The van der Waals surface area contributed by atoms with Crippen molar-refractivity contribution in [3.63, 3.8) is 0 Å². The molecule has 0 unspecified atom stereocenters. The third-order valence-corrected chi connectivity index (χ3v) is 5.80. The highest BCUT2D eigenvalue weighted by molar-refractivity contribution is 6.35. The van der Waals surface area contributed by atoms with Crippen LogP contribution in [-0.4, -0.2) is 34.7 Å². The van der Waals surface area contributed by atoms with E-state index < -0.39 is 0 Å². The topological polar surface area (TPSA) is 39.5 Å². The quantitative estimate of drug-likeness (QED) is 0.462. The van der Waals surface area contributed by atoms with Gasteiger partial charge in [-0.3, -0.25) is 9.88 Å². The van der Waals surface area contributed by atoms with Crippen LogP contribution >= 0.6 is 11.6 Å². The van der Waals surface area contributed by atoms with Crippen molar-refractivity contribution in [1.29, 1.82) is 0 Å². The van der Waals surface area contributed by atoms with Crippen molar-refractivity contribution in [2.45, 2.75) is 13.1 Å². The summed E-state index contributed by atoms with van der Waals surface area (Å²) in [4.78, 5) is 6.61. The lowest BCUT2D eigenvalue weighted by molar-refractivity contribution is 0.216. The minimum absolute atomic E-state index is 0.616. The van der Waals surface area contributed by atoms with E-state index in [0.717, 1.165) is 58.3 Å². The summed E-state index contributed by atoms with van der Waals surface area (Å²) < 4.78 is 13.9. The summed E-state index contributed by atoms with van der Waals surface area (Å²) in [6.45, 7) is 3.05. The summed E-state index contributed by atoms with van der Waals surface area (Å²) in [5, 5.41) is 1.78. The maximum absolute atomic E-state index is 6.38. The smallest absolute Gasteiger partial charge is 0.165 e. The van der Waals surface area contributed by atoms with Crippen molar-refractivity contribution in [2.75, 3.05) is 20.3 Å². The molecular formula is C24H22ClN3O2. The Morgan fingerprint density at radius 1 is 1.17 bits per heavy atom. The Kier molecular flexibility index (Phi) is 5.07. The number of benzene rings is 2. The minimum atomic E-state index is 0.616. The Morgan fingerprint density at radius 2 is 2.10 bits per heavy atom. The van der Waals surface area contributed by atoms with E-state index in [0.29, 0.717) is 6.61 Å². The number of methoxy groups -OCH3 is 1. The van der Waals surface area contributed by atoms with Crippen LogP contribution in [0.25, 0.3) is 16.6 Å². The van der Waals surface area contributed by atoms with Gasteiger partial charge in [-0.05, 0) is 35.9 Å². The Balaban J connectivity index is 1.55. The molecule has 6 heteroatoms. The van der Waals surface area contributed by atoms with Crippen LogP contribution < -0.4 is 9.47 Å². The van der Waals surface area contributed by atoms with Crippen LogP contribution in [-0.2, 0) is 13.1 Å². The molecule has 0 saturated carbocycles. The van der Waals surface area contributed by atoms with Crippen molar-refractivity contribution in [1.82, 2.24) is 14.5 Å². The molecule has 0 saturated heterocycles. The molecule has 152 valence electrons. The number of pyridine rings is 1. The number of nitrogens with zero attached hydrogens (tertiary/aromatic N) is 3. The first-order valence-corrected chi connectivity index (χ1v) is 10.3. The second-order valence-electron chi connectivity index (χ2n) is 7.42. The van der Waals surface area contributed by atoms with Crippen LogP contribution in [0.15, 0.2) is 67.1 Å². The fourth-order valence-electron chi connectivity index (χ4n) is 4.05.